The first-order chi connectivity index (χ1) is 16.5. The quantitative estimate of drug-likeness (QED) is 0.227. The minimum atomic E-state index is -0.231. The lowest BCUT2D eigenvalue weighted by Crippen LogP contribution is -2.23. The van der Waals surface area contributed by atoms with E-state index in [0.29, 0.717) is 16.4 Å². The van der Waals surface area contributed by atoms with Gasteiger partial charge in [0, 0.05) is 16.1 Å². The Morgan fingerprint density at radius 2 is 1.88 bits per heavy atom. The van der Waals surface area contributed by atoms with Gasteiger partial charge in [-0.1, -0.05) is 42.1 Å². The van der Waals surface area contributed by atoms with Crippen LogP contribution < -0.4 is 10.9 Å². The van der Waals surface area contributed by atoms with Crippen molar-refractivity contribution in [1.82, 2.24) is 9.55 Å². The highest BCUT2D eigenvalue weighted by atomic mass is 32.2. The summed E-state index contributed by atoms with van der Waals surface area (Å²) in [4.78, 5) is 44.9. The van der Waals surface area contributed by atoms with Crippen LogP contribution in [0.1, 0.15) is 40.6 Å². The number of carbonyl (C=O) groups is 2. The number of ketones is 1. The van der Waals surface area contributed by atoms with E-state index in [9.17, 15) is 14.4 Å². The zero-order valence-corrected chi connectivity index (χ0v) is 20.3. The minimum Gasteiger partial charge on any atom is -0.325 e. The summed E-state index contributed by atoms with van der Waals surface area (Å²) in [6, 6.07) is 16.3. The lowest BCUT2D eigenvalue weighted by atomic mass is 9.97. The van der Waals surface area contributed by atoms with Crippen LogP contribution >= 0.6 is 23.1 Å². The van der Waals surface area contributed by atoms with Crippen LogP contribution in [-0.4, -0.2) is 27.0 Å². The van der Waals surface area contributed by atoms with Crippen molar-refractivity contribution in [2.24, 2.45) is 0 Å². The van der Waals surface area contributed by atoms with E-state index >= 15 is 0 Å². The molecule has 2 aromatic heterocycles. The molecule has 1 amide bonds. The number of nitrogens with one attached hydrogen (secondary N) is 1. The van der Waals surface area contributed by atoms with Crippen molar-refractivity contribution >= 4 is 50.7 Å². The number of nitrogens with zero attached hydrogens (tertiary/aromatic N) is 2. The van der Waals surface area contributed by atoms with E-state index in [0.717, 1.165) is 47.2 Å². The van der Waals surface area contributed by atoms with E-state index < -0.39 is 0 Å². The third-order valence-corrected chi connectivity index (χ3v) is 7.98. The zero-order chi connectivity index (χ0) is 23.7. The summed E-state index contributed by atoms with van der Waals surface area (Å²) in [7, 11) is 0. The van der Waals surface area contributed by atoms with Crippen LogP contribution in [0.2, 0.25) is 0 Å². The van der Waals surface area contributed by atoms with Gasteiger partial charge in [-0.2, -0.15) is 0 Å². The van der Waals surface area contributed by atoms with Crippen molar-refractivity contribution in [3.63, 3.8) is 0 Å². The molecule has 1 N–H and O–H groups in total. The number of hydrogen-bond acceptors (Lipinski definition) is 6. The monoisotopic (exact) mass is 489 g/mol. The summed E-state index contributed by atoms with van der Waals surface area (Å²) in [6.45, 7) is 1.49. The van der Waals surface area contributed by atoms with Gasteiger partial charge in [0.25, 0.3) is 5.56 Å². The number of para-hydroxylation sites is 1. The molecule has 172 valence electrons. The molecule has 0 radical (unpaired) electrons. The molecule has 5 rings (SSSR count). The predicted molar refractivity (Wildman–Crippen MR) is 138 cm³/mol. The van der Waals surface area contributed by atoms with Gasteiger partial charge in [-0.05, 0) is 62.4 Å². The number of anilines is 1. The molecule has 0 bridgehead atoms. The molecule has 2 heterocycles. The van der Waals surface area contributed by atoms with Gasteiger partial charge in [-0.25, -0.2) is 4.98 Å². The molecule has 8 heteroatoms. The summed E-state index contributed by atoms with van der Waals surface area (Å²) < 4.78 is 1.62. The minimum absolute atomic E-state index is 0.0616. The van der Waals surface area contributed by atoms with Crippen LogP contribution in [0.15, 0.2) is 64.5 Å². The van der Waals surface area contributed by atoms with Crippen molar-refractivity contribution in [1.29, 1.82) is 0 Å². The molecule has 0 spiro atoms. The van der Waals surface area contributed by atoms with Gasteiger partial charge >= 0.3 is 0 Å². The summed E-state index contributed by atoms with van der Waals surface area (Å²) >= 11 is 2.84. The Morgan fingerprint density at radius 1 is 1.09 bits per heavy atom. The molecule has 0 saturated heterocycles. The summed E-state index contributed by atoms with van der Waals surface area (Å²) in [5.74, 6) is -0.209. The van der Waals surface area contributed by atoms with Crippen molar-refractivity contribution in [2.45, 2.75) is 37.8 Å². The molecule has 0 saturated carbocycles. The third-order valence-electron chi connectivity index (χ3n) is 5.86. The Bertz CT molecular complexity index is 1460. The number of hydrogen-bond donors (Lipinski definition) is 1. The van der Waals surface area contributed by atoms with Crippen LogP contribution in [0.4, 0.5) is 5.69 Å². The molecular formula is C26H23N3O3S2. The molecule has 34 heavy (non-hydrogen) atoms. The SMILES string of the molecule is CC(=O)c1cccc(NC(=O)CSc2nc3sc4c(c3c(=O)n2-c2ccccc2)CCCC4)c1. The van der Waals surface area contributed by atoms with Crippen LogP contribution in [0.5, 0.6) is 0 Å². The first-order valence-corrected chi connectivity index (χ1v) is 13.0. The Kier molecular flexibility index (Phi) is 6.34. The van der Waals surface area contributed by atoms with Gasteiger partial charge in [0.15, 0.2) is 10.9 Å². The van der Waals surface area contributed by atoms with Crippen LogP contribution in [0, 0.1) is 0 Å². The number of amides is 1. The highest BCUT2D eigenvalue weighted by Gasteiger charge is 2.23. The fraction of sp³-hybridized carbons (Fsp3) is 0.231. The molecule has 0 unspecified atom stereocenters. The van der Waals surface area contributed by atoms with Crippen molar-refractivity contribution in [3.8, 4) is 5.69 Å². The van der Waals surface area contributed by atoms with Crippen molar-refractivity contribution in [2.75, 3.05) is 11.1 Å². The van der Waals surface area contributed by atoms with Gasteiger partial charge in [0.1, 0.15) is 4.83 Å². The summed E-state index contributed by atoms with van der Waals surface area (Å²) in [6.07, 6.45) is 4.13. The number of rotatable bonds is 6. The predicted octanol–water partition coefficient (Wildman–Crippen LogP) is 5.26. The molecule has 1 aliphatic carbocycles. The zero-order valence-electron chi connectivity index (χ0n) is 18.7. The molecule has 0 atom stereocenters. The van der Waals surface area contributed by atoms with Crippen molar-refractivity contribution in [3.05, 3.63) is 81.0 Å². The maximum Gasteiger partial charge on any atom is 0.267 e. The number of thioether (sulfide) groups is 1. The molecule has 2 aromatic carbocycles. The van der Waals surface area contributed by atoms with Gasteiger partial charge in [0.05, 0.1) is 16.8 Å². The number of aryl methyl sites for hydroxylation is 2. The van der Waals surface area contributed by atoms with Gasteiger partial charge in [-0.15, -0.1) is 11.3 Å². The molecule has 0 fully saturated rings. The second-order valence-electron chi connectivity index (χ2n) is 8.24. The van der Waals surface area contributed by atoms with E-state index in [4.69, 9.17) is 4.98 Å². The highest BCUT2D eigenvalue weighted by molar-refractivity contribution is 7.99. The van der Waals surface area contributed by atoms with E-state index in [1.54, 1.807) is 40.2 Å². The maximum atomic E-state index is 13.7. The lowest BCUT2D eigenvalue weighted by molar-refractivity contribution is -0.113. The van der Waals surface area contributed by atoms with E-state index in [2.05, 4.69) is 5.32 Å². The van der Waals surface area contributed by atoms with Crippen molar-refractivity contribution < 1.29 is 9.59 Å². The fourth-order valence-corrected chi connectivity index (χ4v) is 6.35. The molecule has 6 nitrogen and oxygen atoms in total. The first-order valence-electron chi connectivity index (χ1n) is 11.2. The molecule has 0 aliphatic heterocycles. The van der Waals surface area contributed by atoms with E-state index in [-0.39, 0.29) is 23.0 Å². The fourth-order valence-electron chi connectivity index (χ4n) is 4.23. The first kappa shape index (κ1) is 22.6. The summed E-state index contributed by atoms with van der Waals surface area (Å²) in [5.41, 5.74) is 2.90. The Labute approximate surface area is 205 Å². The average molecular weight is 490 g/mol. The van der Waals surface area contributed by atoms with Crippen LogP contribution in [0.3, 0.4) is 0 Å². The standard InChI is InChI=1S/C26H23N3O3S2/c1-16(30)17-8-7-9-18(14-17)27-22(31)15-33-26-28-24-23(20-12-5-6-13-21(20)34-24)25(32)29(26)19-10-3-2-4-11-19/h2-4,7-11,14H,5-6,12-13,15H2,1H3,(H,27,31). The largest absolute Gasteiger partial charge is 0.325 e. The van der Waals surface area contributed by atoms with E-state index in [1.165, 1.54) is 23.6 Å². The normalized spacial score (nSPS) is 13.0. The van der Waals surface area contributed by atoms with E-state index in [1.807, 2.05) is 30.3 Å². The van der Waals surface area contributed by atoms with Gasteiger partial charge in [-0.3, -0.25) is 19.0 Å². The Hall–Kier alpha value is -3.23. The number of benzene rings is 2. The lowest BCUT2D eigenvalue weighted by Gasteiger charge is -2.13. The highest BCUT2D eigenvalue weighted by Crippen LogP contribution is 2.35. The molecular weight excluding hydrogens is 466 g/mol. The number of thiophene rings is 1. The van der Waals surface area contributed by atoms with Gasteiger partial charge < -0.3 is 5.32 Å². The molecule has 4 aromatic rings. The smallest absolute Gasteiger partial charge is 0.267 e. The number of aromatic nitrogens is 2. The molecule has 1 aliphatic rings. The third kappa shape index (κ3) is 4.43. The Balaban J connectivity index is 1.47. The second-order valence-corrected chi connectivity index (χ2v) is 10.3. The van der Waals surface area contributed by atoms with Gasteiger partial charge in [0.2, 0.25) is 5.91 Å². The van der Waals surface area contributed by atoms with Crippen LogP contribution in [-0.2, 0) is 17.6 Å². The number of fused-ring (bicyclic) bond motifs is 3. The number of carbonyl (C=O) groups excluding carboxylic acids is 2. The Morgan fingerprint density at radius 3 is 2.68 bits per heavy atom. The average Bonchev–Trinajstić information content (AvgIpc) is 3.22. The topological polar surface area (TPSA) is 81.1 Å². The second kappa shape index (κ2) is 9.56. The maximum absolute atomic E-state index is 13.7. The summed E-state index contributed by atoms with van der Waals surface area (Å²) in [5, 5.41) is 4.05. The number of Topliss-reactive ketones (excluding diaryl/α,β-unsaturated/α-hetero) is 1. The van der Waals surface area contributed by atoms with Crippen LogP contribution in [0.25, 0.3) is 15.9 Å².